The fraction of sp³-hybridized carbons (Fsp3) is 0.154. The SMILES string of the molecule is CN1C(=O)C(c2cccc(-c3cc4ccccc4o3)c2)(c2ccc3c(c2)CCO3)N=C1N. The molecule has 1 aromatic heterocycles. The molecule has 0 radical (unpaired) electrons. The average Bonchev–Trinajstić information content (AvgIpc) is 3.52. The standard InChI is InChI=1S/C26H21N3O3/c1-29-24(30)26(28-25(29)27,20-9-10-21-18(14-20)11-12-31-21)19-7-4-6-16(13-19)23-15-17-5-2-3-8-22(17)32-23/h2-10,13-15H,11-12H2,1H3,(H2,27,28). The van der Waals surface area contributed by atoms with Crippen molar-refractivity contribution in [2.45, 2.75) is 12.0 Å². The number of hydrogen-bond donors (Lipinski definition) is 1. The summed E-state index contributed by atoms with van der Waals surface area (Å²) in [6, 6.07) is 23.5. The highest BCUT2D eigenvalue weighted by atomic mass is 16.5. The molecule has 1 atom stereocenters. The van der Waals surface area contributed by atoms with Crippen LogP contribution in [0.1, 0.15) is 16.7 Å². The number of amides is 1. The van der Waals surface area contributed by atoms with Gasteiger partial charge in [0.2, 0.25) is 0 Å². The van der Waals surface area contributed by atoms with E-state index in [9.17, 15) is 4.79 Å². The summed E-state index contributed by atoms with van der Waals surface area (Å²) in [6.45, 7) is 0.645. The van der Waals surface area contributed by atoms with E-state index < -0.39 is 5.54 Å². The summed E-state index contributed by atoms with van der Waals surface area (Å²) >= 11 is 0. The highest BCUT2D eigenvalue weighted by Crippen LogP contribution is 2.42. The zero-order valence-corrected chi connectivity index (χ0v) is 17.5. The molecule has 158 valence electrons. The summed E-state index contributed by atoms with van der Waals surface area (Å²) < 4.78 is 11.7. The van der Waals surface area contributed by atoms with Crippen LogP contribution in [0.2, 0.25) is 0 Å². The molecule has 6 rings (SSSR count). The second-order valence-corrected chi connectivity index (χ2v) is 8.19. The molecule has 0 saturated carbocycles. The first-order valence-corrected chi connectivity index (χ1v) is 10.6. The summed E-state index contributed by atoms with van der Waals surface area (Å²) in [5, 5.41) is 1.03. The molecule has 6 nitrogen and oxygen atoms in total. The van der Waals surface area contributed by atoms with Gasteiger partial charge < -0.3 is 14.9 Å². The number of likely N-dealkylation sites (N-methyl/N-ethyl adjacent to an activating group) is 1. The van der Waals surface area contributed by atoms with Crippen molar-refractivity contribution in [3.63, 3.8) is 0 Å². The van der Waals surface area contributed by atoms with Crippen molar-refractivity contribution in [1.82, 2.24) is 4.90 Å². The summed E-state index contributed by atoms with van der Waals surface area (Å²) in [7, 11) is 1.66. The molecular formula is C26H21N3O3. The van der Waals surface area contributed by atoms with Crippen LogP contribution in [-0.2, 0) is 16.8 Å². The Balaban J connectivity index is 1.54. The van der Waals surface area contributed by atoms with Crippen molar-refractivity contribution < 1.29 is 13.9 Å². The summed E-state index contributed by atoms with van der Waals surface area (Å²) in [5.74, 6) is 1.61. The molecule has 1 amide bonds. The molecule has 32 heavy (non-hydrogen) atoms. The van der Waals surface area contributed by atoms with Crippen molar-refractivity contribution in [1.29, 1.82) is 0 Å². The van der Waals surface area contributed by atoms with Gasteiger partial charge in [-0.1, -0.05) is 42.5 Å². The Morgan fingerprint density at radius 3 is 2.66 bits per heavy atom. The summed E-state index contributed by atoms with van der Waals surface area (Å²) in [5.41, 5.74) is 9.18. The molecule has 6 heteroatoms. The number of furan rings is 1. The summed E-state index contributed by atoms with van der Waals surface area (Å²) in [6.07, 6.45) is 0.807. The van der Waals surface area contributed by atoms with Crippen molar-refractivity contribution in [3.8, 4) is 17.1 Å². The number of guanidine groups is 1. The topological polar surface area (TPSA) is 81.1 Å². The van der Waals surface area contributed by atoms with E-state index in [4.69, 9.17) is 19.9 Å². The van der Waals surface area contributed by atoms with Crippen molar-refractivity contribution in [2.24, 2.45) is 10.7 Å². The van der Waals surface area contributed by atoms with Gasteiger partial charge in [0.05, 0.1) is 6.61 Å². The summed E-state index contributed by atoms with van der Waals surface area (Å²) in [4.78, 5) is 19.7. The minimum absolute atomic E-state index is 0.185. The quantitative estimate of drug-likeness (QED) is 0.539. The minimum Gasteiger partial charge on any atom is -0.493 e. The number of aliphatic imine (C=N–C) groups is 1. The third kappa shape index (κ3) is 2.59. The lowest BCUT2D eigenvalue weighted by molar-refractivity contribution is -0.129. The van der Waals surface area contributed by atoms with E-state index in [0.717, 1.165) is 51.2 Å². The van der Waals surface area contributed by atoms with E-state index in [1.807, 2.05) is 72.8 Å². The molecular weight excluding hydrogens is 402 g/mol. The van der Waals surface area contributed by atoms with E-state index in [2.05, 4.69) is 0 Å². The maximum Gasteiger partial charge on any atom is 0.266 e. The lowest BCUT2D eigenvalue weighted by Gasteiger charge is -2.27. The number of carbonyl (C=O) groups is 1. The van der Waals surface area contributed by atoms with Gasteiger partial charge >= 0.3 is 0 Å². The zero-order valence-electron chi connectivity index (χ0n) is 17.5. The minimum atomic E-state index is -1.25. The highest BCUT2D eigenvalue weighted by molar-refractivity contribution is 6.09. The van der Waals surface area contributed by atoms with Crippen LogP contribution < -0.4 is 10.5 Å². The van der Waals surface area contributed by atoms with Gasteiger partial charge in [-0.15, -0.1) is 0 Å². The maximum absolute atomic E-state index is 13.6. The lowest BCUT2D eigenvalue weighted by Crippen LogP contribution is -2.41. The van der Waals surface area contributed by atoms with Gasteiger partial charge in [0.1, 0.15) is 17.1 Å². The van der Waals surface area contributed by atoms with Gasteiger partial charge in [-0.3, -0.25) is 9.69 Å². The van der Waals surface area contributed by atoms with Crippen LogP contribution in [0, 0.1) is 0 Å². The third-order valence-corrected chi connectivity index (χ3v) is 6.34. The first kappa shape index (κ1) is 18.7. The number of hydrogen-bond acceptors (Lipinski definition) is 5. The van der Waals surface area contributed by atoms with Crippen LogP contribution in [0.5, 0.6) is 5.75 Å². The average molecular weight is 423 g/mol. The van der Waals surface area contributed by atoms with Gasteiger partial charge in [0, 0.05) is 24.4 Å². The van der Waals surface area contributed by atoms with Crippen LogP contribution in [-0.4, -0.2) is 30.4 Å². The van der Waals surface area contributed by atoms with Gasteiger partial charge in [-0.05, 0) is 47.0 Å². The van der Waals surface area contributed by atoms with E-state index in [1.165, 1.54) is 4.90 Å². The Kier molecular flexibility index (Phi) is 3.92. The molecule has 4 aromatic rings. The van der Waals surface area contributed by atoms with E-state index in [-0.39, 0.29) is 11.9 Å². The zero-order chi connectivity index (χ0) is 21.9. The van der Waals surface area contributed by atoms with Gasteiger partial charge in [0.15, 0.2) is 11.5 Å². The Labute approximate surface area is 184 Å². The molecule has 3 aromatic carbocycles. The number of para-hydroxylation sites is 1. The van der Waals surface area contributed by atoms with Gasteiger partial charge in [-0.2, -0.15) is 0 Å². The van der Waals surface area contributed by atoms with E-state index in [0.29, 0.717) is 6.61 Å². The number of rotatable bonds is 3. The van der Waals surface area contributed by atoms with Gasteiger partial charge in [-0.25, -0.2) is 4.99 Å². The third-order valence-electron chi connectivity index (χ3n) is 6.34. The molecule has 0 spiro atoms. The molecule has 0 saturated heterocycles. The van der Waals surface area contributed by atoms with E-state index in [1.54, 1.807) is 7.05 Å². The smallest absolute Gasteiger partial charge is 0.266 e. The first-order chi connectivity index (χ1) is 15.6. The van der Waals surface area contributed by atoms with Crippen molar-refractivity contribution >= 4 is 22.8 Å². The first-order valence-electron chi connectivity index (χ1n) is 10.6. The van der Waals surface area contributed by atoms with Crippen molar-refractivity contribution in [3.05, 3.63) is 89.5 Å². The molecule has 1 unspecified atom stereocenters. The molecule has 0 bridgehead atoms. The van der Waals surface area contributed by atoms with Crippen LogP contribution >= 0.6 is 0 Å². The fourth-order valence-corrected chi connectivity index (χ4v) is 4.62. The Morgan fingerprint density at radius 2 is 1.84 bits per heavy atom. The second-order valence-electron chi connectivity index (χ2n) is 8.19. The maximum atomic E-state index is 13.6. The largest absolute Gasteiger partial charge is 0.493 e. The monoisotopic (exact) mass is 423 g/mol. The number of carbonyl (C=O) groups excluding carboxylic acids is 1. The van der Waals surface area contributed by atoms with Crippen LogP contribution in [0.3, 0.4) is 0 Å². The highest BCUT2D eigenvalue weighted by Gasteiger charge is 2.50. The Bertz CT molecular complexity index is 1390. The van der Waals surface area contributed by atoms with Crippen LogP contribution in [0.25, 0.3) is 22.3 Å². The lowest BCUT2D eigenvalue weighted by atomic mass is 9.81. The normalized spacial score (nSPS) is 19.8. The molecule has 2 N–H and O–H groups in total. The Morgan fingerprint density at radius 1 is 1.00 bits per heavy atom. The number of fused-ring (bicyclic) bond motifs is 2. The van der Waals surface area contributed by atoms with Crippen LogP contribution in [0.4, 0.5) is 0 Å². The second kappa shape index (κ2) is 6.72. The molecule has 2 aliphatic heterocycles. The van der Waals surface area contributed by atoms with Gasteiger partial charge in [0.25, 0.3) is 5.91 Å². The Hall–Kier alpha value is -4.06. The molecule has 3 heterocycles. The van der Waals surface area contributed by atoms with Crippen molar-refractivity contribution in [2.75, 3.05) is 13.7 Å². The predicted molar refractivity (Wildman–Crippen MR) is 122 cm³/mol. The number of benzene rings is 3. The van der Waals surface area contributed by atoms with E-state index >= 15 is 0 Å². The molecule has 0 aliphatic carbocycles. The number of nitrogens with two attached hydrogens (primary N) is 1. The number of nitrogens with zero attached hydrogens (tertiary/aromatic N) is 2. The fourth-order valence-electron chi connectivity index (χ4n) is 4.62. The molecule has 2 aliphatic rings. The number of ether oxygens (including phenoxy) is 1. The molecule has 0 fully saturated rings. The predicted octanol–water partition coefficient (Wildman–Crippen LogP) is 4.07. The van der Waals surface area contributed by atoms with Crippen LogP contribution in [0.15, 0.2) is 82.2 Å².